The summed E-state index contributed by atoms with van der Waals surface area (Å²) in [7, 11) is 0. The fraction of sp³-hybridized carbons (Fsp3) is 0.0250. The molecule has 0 saturated carbocycles. The summed E-state index contributed by atoms with van der Waals surface area (Å²) in [4.78, 5) is 0. The molecule has 7 rings (SSSR count). The van der Waals surface area contributed by atoms with Gasteiger partial charge < -0.3 is 0 Å². The Balaban J connectivity index is 0.000000279. The second-order valence-corrected chi connectivity index (χ2v) is 13.6. The summed E-state index contributed by atoms with van der Waals surface area (Å²) in [5.74, 6) is -81.0. The summed E-state index contributed by atoms with van der Waals surface area (Å²) >= 11 is 0. The van der Waals surface area contributed by atoms with Crippen molar-refractivity contribution < 1.29 is 114 Å². The number of fused-ring (bicyclic) bond motifs is 1. The van der Waals surface area contributed by atoms with Crippen molar-refractivity contribution in [1.82, 2.24) is 0 Å². The minimum atomic E-state index is -7.22. The maximum atomic E-state index is 15.4. The van der Waals surface area contributed by atoms with E-state index >= 15 is 35.1 Å². The summed E-state index contributed by atoms with van der Waals surface area (Å²) in [6.07, 6.45) is -4.13. The third-order valence-corrected chi connectivity index (χ3v) is 10.1. The summed E-state index contributed by atoms with van der Waals surface area (Å²) in [6, 6.07) is 8.94. The second-order valence-electron chi connectivity index (χ2n) is 13.6. The third-order valence-electron chi connectivity index (χ3n) is 10.1. The largest absolute Gasteiger partial charge is 0.207 e. The van der Waals surface area contributed by atoms with Gasteiger partial charge in [0.15, 0.2) is 112 Å². The van der Waals surface area contributed by atoms with Crippen molar-refractivity contribution in [1.29, 1.82) is 0 Å². The second kappa shape index (κ2) is 17.7. The molecule has 0 atom stereocenters. The molecule has 7 aromatic rings. The quantitative estimate of drug-likeness (QED) is 0.0514. The van der Waals surface area contributed by atoms with Crippen molar-refractivity contribution in [2.24, 2.45) is 0 Å². The van der Waals surface area contributed by atoms with Gasteiger partial charge in [0.1, 0.15) is 52.7 Å². The van der Waals surface area contributed by atoms with Crippen LogP contribution in [-0.2, 0) is 6.54 Å². The Hall–Kier alpha value is -6.96. The molecule has 1 nitrogen and oxygen atoms in total. The Bertz CT molecular complexity index is 2820. The SMILES string of the molecule is Fc1c(F)c(F)c(C[n+]2ccc3ccccc3c2)c(F)c1F.Fc1c(F)c(F)c([B-](c2c(F)c(F)c(F)c(F)c2F)(c2c(F)c(F)c(F)c(F)c2F)c2c(F)c(F)c(F)c(F)c2F)c(F)c1F. The van der Waals surface area contributed by atoms with Gasteiger partial charge in [0.05, 0.1) is 5.56 Å². The van der Waals surface area contributed by atoms with Gasteiger partial charge in [-0.2, -0.15) is 4.57 Å². The molecule has 0 fully saturated rings. The van der Waals surface area contributed by atoms with Crippen LogP contribution in [0, 0.1) is 145 Å². The zero-order valence-electron chi connectivity index (χ0n) is 31.2. The van der Waals surface area contributed by atoms with E-state index in [-0.39, 0.29) is 0 Å². The molecule has 6 aromatic carbocycles. The average Bonchev–Trinajstić information content (AvgIpc) is 3.31. The minimum Gasteiger partial charge on any atom is -0.207 e. The van der Waals surface area contributed by atoms with E-state index in [0.717, 1.165) is 10.8 Å². The first-order chi connectivity index (χ1) is 31.2. The van der Waals surface area contributed by atoms with Crippen molar-refractivity contribution in [3.8, 4) is 0 Å². The van der Waals surface area contributed by atoms with E-state index in [1.807, 2.05) is 12.1 Å². The monoisotopic (exact) mass is 989 g/mol. The van der Waals surface area contributed by atoms with Crippen LogP contribution >= 0.6 is 0 Å². The van der Waals surface area contributed by atoms with Crippen LogP contribution in [-0.4, -0.2) is 6.15 Å². The van der Waals surface area contributed by atoms with E-state index in [0.29, 0.717) is 0 Å². The molecule has 0 spiro atoms. The highest BCUT2D eigenvalue weighted by Crippen LogP contribution is 2.31. The maximum Gasteiger partial charge on any atom is 0.200 e. The standard InChI is InChI=1S/C24BF20.C16H9F5N/c26-5-1(6(27)14(35)21(42)13(5)34)25(2-7(28)15(36)22(43)16(37)8(2)29,3-9(30)17(38)23(44)18(39)10(3)31)4-11(32)19(40)24(45)20(41)12(4)33;17-12-11(13(18)15(20)16(21)14(12)19)8-22-6-5-9-3-1-2-4-10(9)7-22/h;1-7H,8H2/q-1;+1. The van der Waals surface area contributed by atoms with Crippen LogP contribution in [0.1, 0.15) is 5.56 Å². The highest BCUT2D eigenvalue weighted by atomic mass is 19.2. The van der Waals surface area contributed by atoms with E-state index in [9.17, 15) is 74.6 Å². The van der Waals surface area contributed by atoms with Gasteiger partial charge >= 0.3 is 0 Å². The number of hydrogen-bond donors (Lipinski definition) is 0. The van der Waals surface area contributed by atoms with E-state index in [1.165, 1.54) is 10.8 Å². The van der Waals surface area contributed by atoms with Crippen molar-refractivity contribution in [3.05, 3.63) is 194 Å². The van der Waals surface area contributed by atoms with Crippen LogP contribution in [0.2, 0.25) is 0 Å². The zero-order valence-corrected chi connectivity index (χ0v) is 31.2. The zero-order chi connectivity index (χ0) is 50.2. The first-order valence-corrected chi connectivity index (χ1v) is 17.3. The van der Waals surface area contributed by atoms with Crippen molar-refractivity contribution >= 4 is 38.8 Å². The molecule has 0 radical (unpaired) electrons. The highest BCUT2D eigenvalue weighted by Gasteiger charge is 2.52. The van der Waals surface area contributed by atoms with Crippen LogP contribution in [0.25, 0.3) is 10.8 Å². The topological polar surface area (TPSA) is 3.88 Å². The van der Waals surface area contributed by atoms with E-state index in [4.69, 9.17) is 0 Å². The van der Waals surface area contributed by atoms with E-state index in [2.05, 4.69) is 0 Å². The van der Waals surface area contributed by atoms with Gasteiger partial charge in [-0.1, -0.05) is 18.2 Å². The number of benzene rings is 6. The molecule has 1 heterocycles. The number of nitrogens with zero attached hydrogens (tertiary/aromatic N) is 1. The Morgan fingerprint density at radius 2 is 0.493 bits per heavy atom. The molecule has 0 aliphatic rings. The summed E-state index contributed by atoms with van der Waals surface area (Å²) in [5.41, 5.74) is -15.2. The summed E-state index contributed by atoms with van der Waals surface area (Å²) in [6.45, 7) is -0.462. The normalized spacial score (nSPS) is 11.7. The summed E-state index contributed by atoms with van der Waals surface area (Å²) < 4.78 is 362. The van der Waals surface area contributed by atoms with Gasteiger partial charge in [-0.3, -0.25) is 0 Å². The van der Waals surface area contributed by atoms with Crippen molar-refractivity contribution in [2.45, 2.75) is 6.54 Å². The van der Waals surface area contributed by atoms with Crippen LogP contribution in [0.3, 0.4) is 0 Å². The lowest BCUT2D eigenvalue weighted by Gasteiger charge is -2.44. The molecule has 0 aliphatic carbocycles. The van der Waals surface area contributed by atoms with Gasteiger partial charge in [0.2, 0.25) is 5.82 Å². The lowest BCUT2D eigenvalue weighted by molar-refractivity contribution is -0.687. The fourth-order valence-electron chi connectivity index (χ4n) is 7.12. The van der Waals surface area contributed by atoms with Gasteiger partial charge in [-0.05, 0) is 11.5 Å². The molecular weight excluding hydrogens is 980 g/mol. The molecule has 352 valence electrons. The lowest BCUT2D eigenvalue weighted by Crippen LogP contribution is -2.81. The van der Waals surface area contributed by atoms with E-state index in [1.54, 1.807) is 24.4 Å². The molecule has 0 amide bonds. The Kier molecular flexibility index (Phi) is 13.1. The molecule has 0 bridgehead atoms. The van der Waals surface area contributed by atoms with Crippen molar-refractivity contribution in [2.75, 3.05) is 0 Å². The van der Waals surface area contributed by atoms with Crippen LogP contribution in [0.4, 0.5) is 110 Å². The Morgan fingerprint density at radius 3 is 0.761 bits per heavy atom. The predicted molar refractivity (Wildman–Crippen MR) is 179 cm³/mol. The fourth-order valence-corrected chi connectivity index (χ4v) is 7.12. The van der Waals surface area contributed by atoms with Gasteiger partial charge in [-0.15, -0.1) is 21.9 Å². The first-order valence-electron chi connectivity index (χ1n) is 17.3. The molecule has 0 aliphatic heterocycles. The van der Waals surface area contributed by atoms with Gasteiger partial charge in [0.25, 0.3) is 0 Å². The Labute approximate surface area is 353 Å². The average molecular weight is 989 g/mol. The Morgan fingerprint density at radius 1 is 0.269 bits per heavy atom. The molecular formula is C40H9BF25N. The lowest BCUT2D eigenvalue weighted by atomic mass is 9.12. The highest BCUT2D eigenvalue weighted by molar-refractivity contribution is 7.20. The predicted octanol–water partition coefficient (Wildman–Crippen LogP) is 9.72. The number of rotatable bonds is 6. The smallest absolute Gasteiger partial charge is 0.200 e. The first kappa shape index (κ1) is 49.5. The van der Waals surface area contributed by atoms with Gasteiger partial charge in [0, 0.05) is 11.5 Å². The molecule has 0 unspecified atom stereocenters. The van der Waals surface area contributed by atoms with Crippen LogP contribution < -0.4 is 26.4 Å². The molecule has 67 heavy (non-hydrogen) atoms. The maximum absolute atomic E-state index is 15.4. The van der Waals surface area contributed by atoms with Crippen LogP contribution in [0.5, 0.6) is 0 Å². The molecule has 27 heteroatoms. The van der Waals surface area contributed by atoms with E-state index < -0.39 is 186 Å². The van der Waals surface area contributed by atoms with Crippen LogP contribution in [0.15, 0.2) is 42.7 Å². The number of halogens is 25. The number of aromatic nitrogens is 1. The van der Waals surface area contributed by atoms with Gasteiger partial charge in [-0.25, -0.2) is 110 Å². The summed E-state index contributed by atoms with van der Waals surface area (Å²) in [5, 5.41) is 1.69. The number of pyridine rings is 1. The minimum absolute atomic E-state index is 0.462. The third kappa shape index (κ3) is 7.41. The van der Waals surface area contributed by atoms with Crippen molar-refractivity contribution in [3.63, 3.8) is 0 Å². The number of hydrogen-bond acceptors (Lipinski definition) is 0. The molecule has 1 aromatic heterocycles. The molecule has 0 N–H and O–H groups in total. The molecule has 0 saturated heterocycles.